The van der Waals surface area contributed by atoms with Crippen LogP contribution in [0.15, 0.2) is 47.4 Å². The second-order valence-electron chi connectivity index (χ2n) is 6.99. The summed E-state index contributed by atoms with van der Waals surface area (Å²) >= 11 is 0. The lowest BCUT2D eigenvalue weighted by Crippen LogP contribution is -2.32. The van der Waals surface area contributed by atoms with E-state index in [0.29, 0.717) is 24.5 Å². The Morgan fingerprint density at radius 1 is 0.966 bits per heavy atom. The van der Waals surface area contributed by atoms with Gasteiger partial charge in [-0.05, 0) is 62.1 Å². The molecule has 6 nitrogen and oxygen atoms in total. The highest BCUT2D eigenvalue weighted by molar-refractivity contribution is 7.89. The third-order valence-corrected chi connectivity index (χ3v) is 6.39. The van der Waals surface area contributed by atoms with Crippen molar-refractivity contribution in [2.45, 2.75) is 45.4 Å². The van der Waals surface area contributed by atoms with Crippen LogP contribution in [0.4, 0.5) is 5.69 Å². The van der Waals surface area contributed by atoms with Crippen molar-refractivity contribution in [2.24, 2.45) is 0 Å². The fraction of sp³-hybridized carbons (Fsp3) is 0.409. The van der Waals surface area contributed by atoms with E-state index in [0.717, 1.165) is 24.0 Å². The van der Waals surface area contributed by atoms with Crippen molar-refractivity contribution >= 4 is 21.6 Å². The molecular formula is C22H30N2O4S. The number of para-hydroxylation sites is 1. The highest BCUT2D eigenvalue weighted by Gasteiger charge is 2.22. The van der Waals surface area contributed by atoms with Gasteiger partial charge in [-0.25, -0.2) is 8.42 Å². The Bertz CT molecular complexity index is 898. The van der Waals surface area contributed by atoms with Gasteiger partial charge in [0.05, 0.1) is 4.90 Å². The van der Waals surface area contributed by atoms with Crippen LogP contribution in [0.25, 0.3) is 0 Å². The normalized spacial score (nSPS) is 11.5. The number of carbonyl (C=O) groups is 1. The number of ether oxygens (including phenoxy) is 1. The van der Waals surface area contributed by atoms with Gasteiger partial charge in [0.2, 0.25) is 10.0 Å². The monoisotopic (exact) mass is 418 g/mol. The summed E-state index contributed by atoms with van der Waals surface area (Å²) in [6, 6.07) is 12.0. The van der Waals surface area contributed by atoms with Crippen LogP contribution in [0.1, 0.15) is 37.8 Å². The first-order valence-electron chi connectivity index (χ1n) is 9.88. The molecule has 0 heterocycles. The minimum Gasteiger partial charge on any atom is -0.483 e. The van der Waals surface area contributed by atoms with Gasteiger partial charge in [-0.2, -0.15) is 4.31 Å². The van der Waals surface area contributed by atoms with E-state index in [1.54, 1.807) is 12.1 Å². The smallest absolute Gasteiger partial charge is 0.262 e. The molecule has 0 bridgehead atoms. The molecule has 0 radical (unpaired) electrons. The first-order chi connectivity index (χ1) is 13.8. The molecule has 0 saturated heterocycles. The number of anilines is 1. The summed E-state index contributed by atoms with van der Waals surface area (Å²) < 4.78 is 32.7. The van der Waals surface area contributed by atoms with E-state index in [4.69, 9.17) is 4.74 Å². The third-order valence-electron chi connectivity index (χ3n) is 4.48. The Hall–Kier alpha value is -2.38. The molecule has 0 saturated carbocycles. The second-order valence-corrected chi connectivity index (χ2v) is 8.92. The molecular weight excluding hydrogens is 388 g/mol. The van der Waals surface area contributed by atoms with E-state index >= 15 is 0 Å². The largest absolute Gasteiger partial charge is 0.483 e. The number of aryl methyl sites for hydroxylation is 2. The summed E-state index contributed by atoms with van der Waals surface area (Å²) in [6.07, 6.45) is 1.52. The summed E-state index contributed by atoms with van der Waals surface area (Å²) in [5, 5.41) is 2.74. The lowest BCUT2D eigenvalue weighted by molar-refractivity contribution is -0.118. The van der Waals surface area contributed by atoms with Crippen LogP contribution in [0.3, 0.4) is 0 Å². The Balaban J connectivity index is 2.02. The van der Waals surface area contributed by atoms with Gasteiger partial charge < -0.3 is 10.1 Å². The topological polar surface area (TPSA) is 75.7 Å². The molecule has 0 aliphatic heterocycles. The number of hydrogen-bond acceptors (Lipinski definition) is 4. The summed E-state index contributed by atoms with van der Waals surface area (Å²) in [6.45, 7) is 8.63. The summed E-state index contributed by atoms with van der Waals surface area (Å²) in [5.74, 6) is 0.401. The first-order valence-corrected chi connectivity index (χ1v) is 11.3. The molecule has 158 valence electrons. The molecule has 0 spiro atoms. The fourth-order valence-electron chi connectivity index (χ4n) is 3.07. The Labute approximate surface area is 173 Å². The zero-order chi connectivity index (χ0) is 21.4. The highest BCUT2D eigenvalue weighted by Crippen LogP contribution is 2.22. The highest BCUT2D eigenvalue weighted by atomic mass is 32.2. The molecule has 2 aromatic rings. The van der Waals surface area contributed by atoms with Gasteiger partial charge in [-0.1, -0.05) is 32.0 Å². The van der Waals surface area contributed by atoms with E-state index in [1.807, 2.05) is 45.9 Å². The van der Waals surface area contributed by atoms with E-state index in [-0.39, 0.29) is 17.4 Å². The van der Waals surface area contributed by atoms with Gasteiger partial charge in [0, 0.05) is 18.8 Å². The Morgan fingerprint density at radius 2 is 1.52 bits per heavy atom. The van der Waals surface area contributed by atoms with Gasteiger partial charge in [-0.15, -0.1) is 0 Å². The molecule has 2 rings (SSSR count). The number of nitrogens with zero attached hydrogens (tertiary/aromatic N) is 1. The van der Waals surface area contributed by atoms with Crippen LogP contribution in [0.2, 0.25) is 0 Å². The van der Waals surface area contributed by atoms with Gasteiger partial charge in [0.25, 0.3) is 5.91 Å². The molecule has 0 atom stereocenters. The maximum atomic E-state index is 12.8. The fourth-order valence-corrected chi connectivity index (χ4v) is 4.70. The number of benzene rings is 2. The number of nitrogens with one attached hydrogen (secondary N) is 1. The van der Waals surface area contributed by atoms with Gasteiger partial charge in [0.15, 0.2) is 6.61 Å². The molecule has 1 N–H and O–H groups in total. The number of sulfonamides is 1. The number of carbonyl (C=O) groups excluding carboxylic acids is 1. The van der Waals surface area contributed by atoms with Gasteiger partial charge >= 0.3 is 0 Å². The van der Waals surface area contributed by atoms with Crippen molar-refractivity contribution in [3.8, 4) is 5.75 Å². The molecule has 0 aromatic heterocycles. The van der Waals surface area contributed by atoms with E-state index in [2.05, 4.69) is 5.32 Å². The standard InChI is InChI=1S/C22H30N2O4S/c1-5-14-24(15-6-2)29(26,27)20-12-10-19(11-13-20)23-21(25)16-28-22-17(3)8-7-9-18(22)4/h7-13H,5-6,14-16H2,1-4H3,(H,23,25). The summed E-state index contributed by atoms with van der Waals surface area (Å²) in [5.41, 5.74) is 2.46. The van der Waals surface area contributed by atoms with Crippen LogP contribution >= 0.6 is 0 Å². The minimum atomic E-state index is -3.53. The van der Waals surface area contributed by atoms with Crippen molar-refractivity contribution in [1.82, 2.24) is 4.31 Å². The second kappa shape index (κ2) is 10.4. The predicted molar refractivity (Wildman–Crippen MR) is 116 cm³/mol. The molecule has 7 heteroatoms. The van der Waals surface area contributed by atoms with Crippen LogP contribution < -0.4 is 10.1 Å². The number of amides is 1. The molecule has 0 aliphatic rings. The van der Waals surface area contributed by atoms with E-state index in [9.17, 15) is 13.2 Å². The average Bonchev–Trinajstić information content (AvgIpc) is 2.68. The number of hydrogen-bond donors (Lipinski definition) is 1. The zero-order valence-corrected chi connectivity index (χ0v) is 18.4. The maximum absolute atomic E-state index is 12.8. The molecule has 29 heavy (non-hydrogen) atoms. The predicted octanol–water partition coefficient (Wildman–Crippen LogP) is 4.13. The van der Waals surface area contributed by atoms with Crippen LogP contribution in [-0.4, -0.2) is 38.3 Å². The SMILES string of the molecule is CCCN(CCC)S(=O)(=O)c1ccc(NC(=O)COc2c(C)cccc2C)cc1. The maximum Gasteiger partial charge on any atom is 0.262 e. The van der Waals surface area contributed by atoms with Gasteiger partial charge in [-0.3, -0.25) is 4.79 Å². The molecule has 0 fully saturated rings. The first kappa shape index (κ1) is 22.9. The van der Waals surface area contributed by atoms with Crippen molar-refractivity contribution in [1.29, 1.82) is 0 Å². The van der Waals surface area contributed by atoms with Crippen molar-refractivity contribution < 1.29 is 17.9 Å². The van der Waals surface area contributed by atoms with E-state index in [1.165, 1.54) is 16.4 Å². The Morgan fingerprint density at radius 3 is 2.03 bits per heavy atom. The van der Waals surface area contributed by atoms with Crippen LogP contribution in [-0.2, 0) is 14.8 Å². The van der Waals surface area contributed by atoms with E-state index < -0.39 is 10.0 Å². The summed E-state index contributed by atoms with van der Waals surface area (Å²) in [4.78, 5) is 12.4. The zero-order valence-electron chi connectivity index (χ0n) is 17.6. The average molecular weight is 419 g/mol. The molecule has 0 aliphatic carbocycles. The summed E-state index contributed by atoms with van der Waals surface area (Å²) in [7, 11) is -3.53. The minimum absolute atomic E-state index is 0.119. The molecule has 1 amide bonds. The lowest BCUT2D eigenvalue weighted by atomic mass is 10.1. The third kappa shape index (κ3) is 6.05. The Kier molecular flexibility index (Phi) is 8.22. The van der Waals surface area contributed by atoms with Gasteiger partial charge in [0.1, 0.15) is 5.75 Å². The molecule has 0 unspecified atom stereocenters. The molecule has 2 aromatic carbocycles. The number of rotatable bonds is 10. The quantitative estimate of drug-likeness (QED) is 0.629. The van der Waals surface area contributed by atoms with Crippen LogP contribution in [0, 0.1) is 13.8 Å². The van der Waals surface area contributed by atoms with Crippen molar-refractivity contribution in [2.75, 3.05) is 25.0 Å². The van der Waals surface area contributed by atoms with Crippen molar-refractivity contribution in [3.05, 3.63) is 53.6 Å². The van der Waals surface area contributed by atoms with Crippen molar-refractivity contribution in [3.63, 3.8) is 0 Å². The lowest BCUT2D eigenvalue weighted by Gasteiger charge is -2.21. The van der Waals surface area contributed by atoms with Crippen LogP contribution in [0.5, 0.6) is 5.75 Å².